The van der Waals surface area contributed by atoms with Crippen LogP contribution in [0.3, 0.4) is 0 Å². The second-order valence-electron chi connectivity index (χ2n) is 5.83. The molecule has 0 spiro atoms. The van der Waals surface area contributed by atoms with Crippen molar-refractivity contribution < 1.29 is 0 Å². The molecule has 104 valence electrons. The maximum atomic E-state index is 3.81. The van der Waals surface area contributed by atoms with Crippen molar-refractivity contribution in [3.63, 3.8) is 0 Å². The zero-order valence-corrected chi connectivity index (χ0v) is 12.8. The average molecular weight is 264 g/mol. The van der Waals surface area contributed by atoms with Crippen molar-refractivity contribution in [1.29, 1.82) is 0 Å². The van der Waals surface area contributed by atoms with E-state index in [0.29, 0.717) is 5.92 Å². The van der Waals surface area contributed by atoms with E-state index in [0.717, 1.165) is 12.8 Å². The Hall–Kier alpha value is -1.82. The summed E-state index contributed by atoms with van der Waals surface area (Å²) in [5.41, 5.74) is 6.96. The molecule has 2 aromatic rings. The average Bonchev–Trinajstić information content (AvgIpc) is 2.42. The smallest absolute Gasteiger partial charge is 0.00229 e. The molecule has 0 amide bonds. The minimum Gasteiger partial charge on any atom is -0.103 e. The van der Waals surface area contributed by atoms with Crippen LogP contribution in [0.4, 0.5) is 0 Å². The van der Waals surface area contributed by atoms with Crippen molar-refractivity contribution in [2.75, 3.05) is 0 Å². The molecule has 2 rings (SSSR count). The highest BCUT2D eigenvalue weighted by Crippen LogP contribution is 2.21. The molecule has 0 bridgehead atoms. The maximum Gasteiger partial charge on any atom is -0.00229 e. The van der Waals surface area contributed by atoms with E-state index in [1.807, 2.05) is 6.08 Å². The van der Waals surface area contributed by atoms with Gasteiger partial charge in [0.1, 0.15) is 0 Å². The van der Waals surface area contributed by atoms with Gasteiger partial charge in [0.25, 0.3) is 0 Å². The Morgan fingerprint density at radius 1 is 1.05 bits per heavy atom. The van der Waals surface area contributed by atoms with Gasteiger partial charge in [0.05, 0.1) is 0 Å². The summed E-state index contributed by atoms with van der Waals surface area (Å²) in [5, 5.41) is 0. The summed E-state index contributed by atoms with van der Waals surface area (Å²) in [6.07, 6.45) is 3.92. The van der Waals surface area contributed by atoms with Gasteiger partial charge in [-0.15, -0.1) is 6.58 Å². The lowest BCUT2D eigenvalue weighted by molar-refractivity contribution is 0.862. The zero-order chi connectivity index (χ0) is 14.5. The predicted octanol–water partition coefficient (Wildman–Crippen LogP) is 5.44. The van der Waals surface area contributed by atoms with Gasteiger partial charge >= 0.3 is 0 Å². The summed E-state index contributed by atoms with van der Waals surface area (Å²) in [6, 6.07) is 15.7. The standard InChI is InChI=1S/C20H24/c1-5-7-17-8-6-9-18(12-17)13-20-14-19(15(2)3)11-10-16(20)4/h5-6,8-12,14-15H,1,7,13H2,2-4H3. The van der Waals surface area contributed by atoms with Crippen molar-refractivity contribution in [3.8, 4) is 0 Å². The van der Waals surface area contributed by atoms with Gasteiger partial charge in [0.2, 0.25) is 0 Å². The molecule has 2 aromatic carbocycles. The van der Waals surface area contributed by atoms with Crippen LogP contribution in [0.1, 0.15) is 47.6 Å². The van der Waals surface area contributed by atoms with Crippen LogP contribution in [0, 0.1) is 6.92 Å². The first kappa shape index (κ1) is 14.6. The number of rotatable bonds is 5. The Balaban J connectivity index is 2.27. The molecule has 0 N–H and O–H groups in total. The highest BCUT2D eigenvalue weighted by molar-refractivity contribution is 5.37. The monoisotopic (exact) mass is 264 g/mol. The van der Waals surface area contributed by atoms with E-state index in [4.69, 9.17) is 0 Å². The van der Waals surface area contributed by atoms with Crippen LogP contribution in [-0.4, -0.2) is 0 Å². The summed E-state index contributed by atoms with van der Waals surface area (Å²) in [4.78, 5) is 0. The van der Waals surface area contributed by atoms with Gasteiger partial charge < -0.3 is 0 Å². The molecule has 0 heterocycles. The molecule has 0 aliphatic rings. The molecule has 0 aromatic heterocycles. The third-order valence-electron chi connectivity index (χ3n) is 3.81. The van der Waals surface area contributed by atoms with Crippen LogP contribution in [0.5, 0.6) is 0 Å². The van der Waals surface area contributed by atoms with E-state index in [1.54, 1.807) is 0 Å². The molecule has 0 aliphatic carbocycles. The molecule has 0 unspecified atom stereocenters. The first-order chi connectivity index (χ1) is 9.60. The van der Waals surface area contributed by atoms with Gasteiger partial charge in [0.15, 0.2) is 0 Å². The fourth-order valence-electron chi connectivity index (χ4n) is 2.49. The number of allylic oxidation sites excluding steroid dienone is 1. The minimum absolute atomic E-state index is 0.585. The van der Waals surface area contributed by atoms with Gasteiger partial charge in [-0.2, -0.15) is 0 Å². The molecule has 0 saturated heterocycles. The summed E-state index contributed by atoms with van der Waals surface area (Å²) in [6.45, 7) is 10.5. The SMILES string of the molecule is C=CCc1cccc(Cc2cc(C(C)C)ccc2C)c1. The zero-order valence-electron chi connectivity index (χ0n) is 12.8. The highest BCUT2D eigenvalue weighted by atomic mass is 14.1. The van der Waals surface area contributed by atoms with E-state index in [1.165, 1.54) is 27.8 Å². The molecule has 0 heteroatoms. The van der Waals surface area contributed by atoms with Crippen molar-refractivity contribution in [1.82, 2.24) is 0 Å². The summed E-state index contributed by atoms with van der Waals surface area (Å²) in [7, 11) is 0. The molecule has 0 radical (unpaired) electrons. The Kier molecular flexibility index (Phi) is 4.79. The molecular weight excluding hydrogens is 240 g/mol. The second-order valence-corrected chi connectivity index (χ2v) is 5.83. The predicted molar refractivity (Wildman–Crippen MR) is 88.4 cm³/mol. The molecule has 0 fully saturated rings. The lowest BCUT2D eigenvalue weighted by atomic mass is 9.93. The van der Waals surface area contributed by atoms with Gasteiger partial charge in [0, 0.05) is 0 Å². The van der Waals surface area contributed by atoms with E-state index >= 15 is 0 Å². The lowest BCUT2D eigenvalue weighted by Gasteiger charge is -2.12. The Bertz CT molecular complexity index is 591. The molecule has 20 heavy (non-hydrogen) atoms. The van der Waals surface area contributed by atoms with Gasteiger partial charge in [-0.25, -0.2) is 0 Å². The first-order valence-corrected chi connectivity index (χ1v) is 7.38. The highest BCUT2D eigenvalue weighted by Gasteiger charge is 2.05. The fraction of sp³-hybridized carbons (Fsp3) is 0.300. The Labute approximate surface area is 123 Å². The van der Waals surface area contributed by atoms with Crippen molar-refractivity contribution in [2.45, 2.75) is 39.5 Å². The van der Waals surface area contributed by atoms with Gasteiger partial charge in [-0.05, 0) is 53.5 Å². The van der Waals surface area contributed by atoms with Crippen LogP contribution in [0.25, 0.3) is 0 Å². The van der Waals surface area contributed by atoms with Crippen LogP contribution in [0.2, 0.25) is 0 Å². The maximum absolute atomic E-state index is 3.81. The molecular formula is C20H24. The van der Waals surface area contributed by atoms with Crippen molar-refractivity contribution >= 4 is 0 Å². The summed E-state index contributed by atoms with van der Waals surface area (Å²) in [5.74, 6) is 0.585. The molecule has 0 aliphatic heterocycles. The number of aryl methyl sites for hydroxylation is 1. The largest absolute Gasteiger partial charge is 0.103 e. The van der Waals surface area contributed by atoms with E-state index in [-0.39, 0.29) is 0 Å². The van der Waals surface area contributed by atoms with Gasteiger partial charge in [-0.1, -0.05) is 62.4 Å². The quantitative estimate of drug-likeness (QED) is 0.631. The molecule has 0 saturated carbocycles. The van der Waals surface area contributed by atoms with Crippen LogP contribution >= 0.6 is 0 Å². The molecule has 0 atom stereocenters. The minimum atomic E-state index is 0.585. The Morgan fingerprint density at radius 3 is 2.50 bits per heavy atom. The van der Waals surface area contributed by atoms with Gasteiger partial charge in [-0.3, -0.25) is 0 Å². The van der Waals surface area contributed by atoms with E-state index in [9.17, 15) is 0 Å². The first-order valence-electron chi connectivity index (χ1n) is 7.38. The normalized spacial score (nSPS) is 10.8. The topological polar surface area (TPSA) is 0 Å². The number of benzene rings is 2. The summed E-state index contributed by atoms with van der Waals surface area (Å²) < 4.78 is 0. The van der Waals surface area contributed by atoms with Crippen molar-refractivity contribution in [3.05, 3.63) is 82.9 Å². The second kappa shape index (κ2) is 6.56. The third-order valence-corrected chi connectivity index (χ3v) is 3.81. The van der Waals surface area contributed by atoms with Crippen LogP contribution in [-0.2, 0) is 12.8 Å². The molecule has 0 nitrogen and oxygen atoms in total. The number of hydrogen-bond donors (Lipinski definition) is 0. The van der Waals surface area contributed by atoms with Crippen LogP contribution < -0.4 is 0 Å². The van der Waals surface area contributed by atoms with Crippen molar-refractivity contribution in [2.24, 2.45) is 0 Å². The van der Waals surface area contributed by atoms with E-state index < -0.39 is 0 Å². The Morgan fingerprint density at radius 2 is 1.80 bits per heavy atom. The fourth-order valence-corrected chi connectivity index (χ4v) is 2.49. The van der Waals surface area contributed by atoms with Crippen LogP contribution in [0.15, 0.2) is 55.1 Å². The summed E-state index contributed by atoms with van der Waals surface area (Å²) >= 11 is 0. The third kappa shape index (κ3) is 3.60. The number of hydrogen-bond acceptors (Lipinski definition) is 0. The van der Waals surface area contributed by atoms with E-state index in [2.05, 4.69) is 69.8 Å². The lowest BCUT2D eigenvalue weighted by Crippen LogP contribution is -1.96.